The Kier molecular flexibility index (Phi) is 10.8. The van der Waals surface area contributed by atoms with Crippen molar-refractivity contribution in [2.45, 2.75) is 78.0 Å². The summed E-state index contributed by atoms with van der Waals surface area (Å²) in [7, 11) is 0. The molecule has 0 radical (unpaired) electrons. The number of likely N-dealkylation sites (tertiary alicyclic amines) is 2. The van der Waals surface area contributed by atoms with Crippen molar-refractivity contribution in [3.05, 3.63) is 119 Å². The number of carbonyl (C=O) groups is 1. The number of aromatic nitrogens is 2. The lowest BCUT2D eigenvalue weighted by molar-refractivity contribution is -0.147. The van der Waals surface area contributed by atoms with Crippen LogP contribution < -0.4 is 4.74 Å². The highest BCUT2D eigenvalue weighted by atomic mass is 19.1. The van der Waals surface area contributed by atoms with Gasteiger partial charge in [-0.1, -0.05) is 75.4 Å². The van der Waals surface area contributed by atoms with Crippen molar-refractivity contribution in [3.63, 3.8) is 0 Å². The average molecular weight is 667 g/mol. The number of rotatable bonds is 12. The Morgan fingerprint density at radius 1 is 0.959 bits per heavy atom. The summed E-state index contributed by atoms with van der Waals surface area (Å²) in [4.78, 5) is 17.1. The number of carboxylic acid groups (broad SMARTS) is 1. The number of benzene rings is 3. The van der Waals surface area contributed by atoms with E-state index < -0.39 is 17.4 Å². The Morgan fingerprint density at radius 3 is 2.35 bits per heavy atom. The third kappa shape index (κ3) is 8.60. The van der Waals surface area contributed by atoms with E-state index >= 15 is 0 Å². The molecule has 0 aliphatic carbocycles. The summed E-state index contributed by atoms with van der Waals surface area (Å²) >= 11 is 0. The van der Waals surface area contributed by atoms with E-state index in [0.717, 1.165) is 68.0 Å². The molecule has 1 N–H and O–H groups in total. The highest BCUT2D eigenvalue weighted by Gasteiger charge is 2.44. The van der Waals surface area contributed by atoms with Gasteiger partial charge in [0.25, 0.3) is 0 Å². The zero-order valence-corrected chi connectivity index (χ0v) is 29.4. The monoisotopic (exact) mass is 666 g/mol. The minimum Gasteiger partial charge on any atom is -0.489 e. The predicted molar refractivity (Wildman–Crippen MR) is 191 cm³/mol. The maximum atomic E-state index is 14.3. The Morgan fingerprint density at radius 2 is 1.69 bits per heavy atom. The Bertz CT molecular complexity index is 1680. The SMILES string of the molecule is CCn1nc(Cc2ccc(OCc3ccccc3)cc2)cc1C1CCN(C[C@H]2CN([C@@H](C(=O)O)C(C)(C)C)C[C@@H]2c2cccc(F)c2)CC1. The molecule has 2 fully saturated rings. The number of hydrogen-bond donors (Lipinski definition) is 1. The zero-order valence-electron chi connectivity index (χ0n) is 29.4. The number of halogens is 1. The number of nitrogens with zero attached hydrogens (tertiary/aromatic N) is 4. The molecule has 8 heteroatoms. The van der Waals surface area contributed by atoms with Gasteiger partial charge in [-0.2, -0.15) is 5.10 Å². The molecular weight excluding hydrogens is 615 g/mol. The average Bonchev–Trinajstić information content (AvgIpc) is 3.68. The summed E-state index contributed by atoms with van der Waals surface area (Å²) in [5, 5.41) is 15.2. The van der Waals surface area contributed by atoms with Gasteiger partial charge in [-0.25, -0.2) is 4.39 Å². The smallest absolute Gasteiger partial charge is 0.321 e. The van der Waals surface area contributed by atoms with Crippen LogP contribution in [0.2, 0.25) is 0 Å². The minimum atomic E-state index is -0.788. The molecular formula is C41H51FN4O3. The molecule has 3 atom stereocenters. The van der Waals surface area contributed by atoms with Crippen molar-refractivity contribution >= 4 is 5.97 Å². The molecule has 3 aromatic carbocycles. The lowest BCUT2D eigenvalue weighted by Crippen LogP contribution is -2.48. The van der Waals surface area contributed by atoms with Crippen LogP contribution in [0, 0.1) is 17.2 Å². The molecule has 260 valence electrons. The van der Waals surface area contributed by atoms with Crippen molar-refractivity contribution in [2.75, 3.05) is 32.7 Å². The van der Waals surface area contributed by atoms with Crippen LogP contribution in [0.3, 0.4) is 0 Å². The van der Waals surface area contributed by atoms with E-state index in [1.54, 1.807) is 12.1 Å². The van der Waals surface area contributed by atoms with Gasteiger partial charge >= 0.3 is 5.97 Å². The predicted octanol–water partition coefficient (Wildman–Crippen LogP) is 7.61. The second kappa shape index (κ2) is 15.3. The van der Waals surface area contributed by atoms with Crippen molar-refractivity contribution < 1.29 is 19.0 Å². The van der Waals surface area contributed by atoms with Crippen LogP contribution in [0.15, 0.2) is 84.9 Å². The van der Waals surface area contributed by atoms with Crippen LogP contribution in [0.5, 0.6) is 5.75 Å². The Hall–Kier alpha value is -4.01. The molecule has 2 saturated heterocycles. The molecule has 6 rings (SSSR count). The summed E-state index contributed by atoms with van der Waals surface area (Å²) in [6.45, 7) is 13.7. The molecule has 3 heterocycles. The molecule has 0 unspecified atom stereocenters. The van der Waals surface area contributed by atoms with Gasteiger partial charge in [0.2, 0.25) is 0 Å². The lowest BCUT2D eigenvalue weighted by Gasteiger charge is -2.36. The lowest BCUT2D eigenvalue weighted by atomic mass is 9.85. The van der Waals surface area contributed by atoms with Crippen LogP contribution in [0.1, 0.15) is 80.5 Å². The summed E-state index contributed by atoms with van der Waals surface area (Å²) in [6, 6.07) is 27.1. The van der Waals surface area contributed by atoms with E-state index in [4.69, 9.17) is 9.84 Å². The van der Waals surface area contributed by atoms with Gasteiger partial charge in [0.1, 0.15) is 24.2 Å². The molecule has 7 nitrogen and oxygen atoms in total. The number of ether oxygens (including phenoxy) is 1. The number of carboxylic acids is 1. The molecule has 49 heavy (non-hydrogen) atoms. The van der Waals surface area contributed by atoms with E-state index in [0.29, 0.717) is 25.6 Å². The van der Waals surface area contributed by atoms with Crippen molar-refractivity contribution in [2.24, 2.45) is 11.3 Å². The fourth-order valence-electron chi connectivity index (χ4n) is 8.04. The summed E-state index contributed by atoms with van der Waals surface area (Å²) < 4.78 is 22.5. The number of aryl methyl sites for hydroxylation is 1. The summed E-state index contributed by atoms with van der Waals surface area (Å²) in [5.74, 6) is 0.600. The first-order valence-corrected chi connectivity index (χ1v) is 17.8. The van der Waals surface area contributed by atoms with Crippen molar-refractivity contribution in [3.8, 4) is 5.75 Å². The van der Waals surface area contributed by atoms with Gasteiger partial charge in [0, 0.05) is 50.1 Å². The van der Waals surface area contributed by atoms with Crippen LogP contribution >= 0.6 is 0 Å². The molecule has 1 aromatic heterocycles. The molecule has 2 aliphatic heterocycles. The quantitative estimate of drug-likeness (QED) is 0.168. The Balaban J connectivity index is 1.07. The maximum absolute atomic E-state index is 14.3. The van der Waals surface area contributed by atoms with Gasteiger partial charge in [-0.15, -0.1) is 0 Å². The fraction of sp³-hybridized carbons (Fsp3) is 0.463. The maximum Gasteiger partial charge on any atom is 0.321 e. The summed E-state index contributed by atoms with van der Waals surface area (Å²) in [5.41, 5.74) is 5.33. The second-order valence-corrected chi connectivity index (χ2v) is 15.0. The van der Waals surface area contributed by atoms with Crippen molar-refractivity contribution in [1.82, 2.24) is 19.6 Å². The highest BCUT2D eigenvalue weighted by molar-refractivity contribution is 5.74. The van der Waals surface area contributed by atoms with E-state index in [-0.39, 0.29) is 17.7 Å². The van der Waals surface area contributed by atoms with Gasteiger partial charge in [-0.05, 0) is 91.2 Å². The third-order valence-electron chi connectivity index (χ3n) is 10.4. The topological polar surface area (TPSA) is 70.8 Å². The van der Waals surface area contributed by atoms with E-state index in [2.05, 4.69) is 51.7 Å². The highest BCUT2D eigenvalue weighted by Crippen LogP contribution is 2.39. The zero-order chi connectivity index (χ0) is 34.5. The third-order valence-corrected chi connectivity index (χ3v) is 10.4. The van der Waals surface area contributed by atoms with Gasteiger partial charge < -0.3 is 14.7 Å². The second-order valence-electron chi connectivity index (χ2n) is 15.0. The Labute approximate surface area is 290 Å². The van der Waals surface area contributed by atoms with Crippen LogP contribution in [-0.4, -0.2) is 69.4 Å². The minimum absolute atomic E-state index is 0.0891. The molecule has 4 aromatic rings. The van der Waals surface area contributed by atoms with E-state index in [9.17, 15) is 14.3 Å². The first-order valence-electron chi connectivity index (χ1n) is 17.8. The van der Waals surface area contributed by atoms with Crippen LogP contribution in [0.4, 0.5) is 4.39 Å². The molecule has 2 aliphatic rings. The first-order chi connectivity index (χ1) is 23.6. The molecule has 0 amide bonds. The number of aliphatic carboxylic acids is 1. The first kappa shape index (κ1) is 34.8. The van der Waals surface area contributed by atoms with Crippen molar-refractivity contribution in [1.29, 1.82) is 0 Å². The van der Waals surface area contributed by atoms with Crippen LogP contribution in [0.25, 0.3) is 0 Å². The normalized spacial score (nSPS) is 20.0. The molecule has 0 saturated carbocycles. The van der Waals surface area contributed by atoms with Gasteiger partial charge in [0.15, 0.2) is 0 Å². The van der Waals surface area contributed by atoms with E-state index in [1.165, 1.54) is 17.3 Å². The standard InChI is InChI=1S/C41H51FN4O3/c1-5-46-38(24-35(43-46)22-29-14-16-36(17-15-29)49-28-30-10-7-6-8-11-30)31-18-20-44(21-19-31)25-33-26-45(39(40(47)48)41(2,3)4)27-37(33)32-12-9-13-34(42)23-32/h6-17,23-24,31,33,37,39H,5,18-22,25-28H2,1-4H3,(H,47,48)/t33-,37+,39-/m0/s1. The summed E-state index contributed by atoms with van der Waals surface area (Å²) in [6.07, 6.45) is 2.89. The fourth-order valence-corrected chi connectivity index (χ4v) is 8.04. The molecule has 0 bridgehead atoms. The largest absolute Gasteiger partial charge is 0.489 e. The van der Waals surface area contributed by atoms with Gasteiger partial charge in [-0.3, -0.25) is 14.4 Å². The number of hydrogen-bond acceptors (Lipinski definition) is 5. The van der Waals surface area contributed by atoms with E-state index in [1.807, 2.05) is 57.2 Å². The molecule has 0 spiro atoms. The number of piperidine rings is 1. The van der Waals surface area contributed by atoms with Gasteiger partial charge in [0.05, 0.1) is 5.69 Å². The van der Waals surface area contributed by atoms with Crippen LogP contribution in [-0.2, 0) is 24.4 Å².